The summed E-state index contributed by atoms with van der Waals surface area (Å²) < 4.78 is 4.10. The molecule has 0 aliphatic heterocycles. The van der Waals surface area contributed by atoms with Gasteiger partial charge in [0.25, 0.3) is 0 Å². The Labute approximate surface area is 173 Å². The molecule has 3 rings (SSSR count). The van der Waals surface area contributed by atoms with Crippen molar-refractivity contribution >= 4 is 17.0 Å². The largest absolute Gasteiger partial charge is 0.357 e. The highest BCUT2D eigenvalue weighted by molar-refractivity contribution is 5.79. The van der Waals surface area contributed by atoms with Gasteiger partial charge in [-0.05, 0) is 31.4 Å². The lowest BCUT2D eigenvalue weighted by molar-refractivity contribution is 0.472. The van der Waals surface area contributed by atoms with Gasteiger partial charge in [0, 0.05) is 52.0 Å². The van der Waals surface area contributed by atoms with Crippen LogP contribution in [0.15, 0.2) is 41.8 Å². The van der Waals surface area contributed by atoms with Crippen LogP contribution in [-0.2, 0) is 20.1 Å². The molecular formula is C22H33N7. The van der Waals surface area contributed by atoms with E-state index in [9.17, 15) is 0 Å². The van der Waals surface area contributed by atoms with E-state index in [1.54, 1.807) is 0 Å². The fraction of sp³-hybridized carbons (Fsp3) is 0.500. The smallest absolute Gasteiger partial charge is 0.193 e. The molecule has 1 aromatic carbocycles. The summed E-state index contributed by atoms with van der Waals surface area (Å²) in [7, 11) is 4.07. The molecule has 3 aromatic rings. The Morgan fingerprint density at radius 1 is 1.28 bits per heavy atom. The molecule has 0 saturated heterocycles. The normalized spacial score (nSPS) is 12.1. The van der Waals surface area contributed by atoms with Crippen LogP contribution < -0.4 is 5.32 Å². The van der Waals surface area contributed by atoms with Crippen LogP contribution in [0.1, 0.15) is 44.4 Å². The van der Waals surface area contributed by atoms with Gasteiger partial charge in [-0.15, -0.1) is 0 Å². The molecule has 2 aromatic heterocycles. The number of benzene rings is 1. The molecule has 7 heteroatoms. The van der Waals surface area contributed by atoms with Crippen molar-refractivity contribution in [1.82, 2.24) is 29.5 Å². The van der Waals surface area contributed by atoms with Gasteiger partial charge in [0.1, 0.15) is 0 Å². The molecule has 29 heavy (non-hydrogen) atoms. The van der Waals surface area contributed by atoms with Crippen molar-refractivity contribution in [3.05, 3.63) is 48.0 Å². The summed E-state index contributed by atoms with van der Waals surface area (Å²) in [6, 6.07) is 8.24. The molecule has 0 fully saturated rings. The van der Waals surface area contributed by atoms with Crippen LogP contribution in [0.2, 0.25) is 0 Å². The zero-order valence-electron chi connectivity index (χ0n) is 18.3. The molecule has 0 aliphatic carbocycles. The Morgan fingerprint density at radius 3 is 2.83 bits per heavy atom. The van der Waals surface area contributed by atoms with E-state index in [-0.39, 0.29) is 0 Å². The van der Waals surface area contributed by atoms with E-state index < -0.39 is 0 Å². The van der Waals surface area contributed by atoms with Crippen molar-refractivity contribution < 1.29 is 0 Å². The Morgan fingerprint density at radius 2 is 2.07 bits per heavy atom. The molecule has 0 aliphatic rings. The van der Waals surface area contributed by atoms with Crippen LogP contribution in [0.25, 0.3) is 11.0 Å². The zero-order valence-corrected chi connectivity index (χ0v) is 18.3. The maximum absolute atomic E-state index is 4.84. The van der Waals surface area contributed by atoms with Crippen molar-refractivity contribution in [3.8, 4) is 0 Å². The fourth-order valence-corrected chi connectivity index (χ4v) is 3.58. The first-order valence-corrected chi connectivity index (χ1v) is 10.4. The highest BCUT2D eigenvalue weighted by Crippen LogP contribution is 2.18. The predicted molar refractivity (Wildman–Crippen MR) is 119 cm³/mol. The lowest BCUT2D eigenvalue weighted by Crippen LogP contribution is -2.38. The van der Waals surface area contributed by atoms with Crippen LogP contribution in [0, 0.1) is 0 Å². The Bertz CT molecular complexity index is 951. The van der Waals surface area contributed by atoms with Gasteiger partial charge >= 0.3 is 0 Å². The van der Waals surface area contributed by atoms with E-state index in [2.05, 4.69) is 71.0 Å². The number of guanidine groups is 1. The van der Waals surface area contributed by atoms with Gasteiger partial charge in [-0.1, -0.05) is 26.0 Å². The number of nitrogens with one attached hydrogen (secondary N) is 1. The van der Waals surface area contributed by atoms with E-state index in [1.165, 1.54) is 11.1 Å². The molecule has 0 bridgehead atoms. The average Bonchev–Trinajstić information content (AvgIpc) is 3.27. The molecule has 2 heterocycles. The number of aliphatic imine (C=N–C) groups is 1. The third-order valence-electron chi connectivity index (χ3n) is 4.93. The summed E-state index contributed by atoms with van der Waals surface area (Å²) in [4.78, 5) is 11.5. The van der Waals surface area contributed by atoms with Gasteiger partial charge in [-0.25, -0.2) is 4.98 Å². The zero-order chi connectivity index (χ0) is 20.8. The van der Waals surface area contributed by atoms with Gasteiger partial charge in [0.2, 0.25) is 0 Å². The summed E-state index contributed by atoms with van der Waals surface area (Å²) in [5, 5.41) is 8.03. The summed E-state index contributed by atoms with van der Waals surface area (Å²) in [5.74, 6) is 1.34. The Kier molecular flexibility index (Phi) is 6.90. The maximum Gasteiger partial charge on any atom is 0.193 e. The molecule has 156 valence electrons. The van der Waals surface area contributed by atoms with Gasteiger partial charge < -0.3 is 14.8 Å². The molecule has 7 nitrogen and oxygen atoms in total. The van der Waals surface area contributed by atoms with Crippen molar-refractivity contribution in [2.24, 2.45) is 12.0 Å². The Balaban J connectivity index is 1.61. The molecule has 0 atom stereocenters. The molecule has 0 unspecified atom stereocenters. The number of nitrogens with zero attached hydrogens (tertiary/aromatic N) is 6. The van der Waals surface area contributed by atoms with Gasteiger partial charge in [0.05, 0.1) is 23.1 Å². The van der Waals surface area contributed by atoms with Crippen LogP contribution >= 0.6 is 0 Å². The number of aryl methyl sites for hydroxylation is 2. The molecule has 0 spiro atoms. The van der Waals surface area contributed by atoms with E-state index in [0.717, 1.165) is 49.8 Å². The molecule has 0 amide bonds. The first-order chi connectivity index (χ1) is 14.0. The van der Waals surface area contributed by atoms with Crippen molar-refractivity contribution in [1.29, 1.82) is 0 Å². The SMILES string of the molecule is CCNC(=NCCCn1cnc2ccccc21)N(C)Cc1cn(C)nc1C(C)C. The number of fused-ring (bicyclic) bond motifs is 1. The standard InChI is InChI=1S/C22H33N7/c1-6-23-22(27(4)14-18-15-28(5)26-21(18)17(2)3)24-12-9-13-29-16-25-19-10-7-8-11-20(19)29/h7-8,10-11,15-17H,6,9,12-14H2,1-5H3,(H,23,24). The minimum Gasteiger partial charge on any atom is -0.357 e. The monoisotopic (exact) mass is 395 g/mol. The molecular weight excluding hydrogens is 362 g/mol. The van der Waals surface area contributed by atoms with Crippen LogP contribution in [0.4, 0.5) is 0 Å². The van der Waals surface area contributed by atoms with Crippen LogP contribution in [0.5, 0.6) is 0 Å². The first kappa shape index (κ1) is 20.9. The second-order valence-electron chi connectivity index (χ2n) is 7.74. The van der Waals surface area contributed by atoms with E-state index >= 15 is 0 Å². The number of rotatable bonds is 8. The quantitative estimate of drug-likeness (QED) is 0.361. The number of aromatic nitrogens is 4. The summed E-state index contributed by atoms with van der Waals surface area (Å²) >= 11 is 0. The van der Waals surface area contributed by atoms with Crippen molar-refractivity contribution in [3.63, 3.8) is 0 Å². The summed E-state index contributed by atoms with van der Waals surface area (Å²) in [5.41, 5.74) is 4.63. The lowest BCUT2D eigenvalue weighted by Gasteiger charge is -2.22. The molecule has 0 radical (unpaired) electrons. The second-order valence-corrected chi connectivity index (χ2v) is 7.74. The van der Waals surface area contributed by atoms with Crippen molar-refractivity contribution in [2.45, 2.75) is 46.2 Å². The van der Waals surface area contributed by atoms with E-state index in [1.807, 2.05) is 30.2 Å². The van der Waals surface area contributed by atoms with Gasteiger partial charge in [0.15, 0.2) is 5.96 Å². The summed E-state index contributed by atoms with van der Waals surface area (Å²) in [6.45, 7) is 9.79. The highest BCUT2D eigenvalue weighted by atomic mass is 15.3. The minimum atomic E-state index is 0.407. The molecule has 1 N–H and O–H groups in total. The second kappa shape index (κ2) is 9.58. The number of para-hydroxylation sites is 2. The van der Waals surface area contributed by atoms with Crippen LogP contribution in [0.3, 0.4) is 0 Å². The topological polar surface area (TPSA) is 63.3 Å². The van der Waals surface area contributed by atoms with Crippen molar-refractivity contribution in [2.75, 3.05) is 20.1 Å². The van der Waals surface area contributed by atoms with E-state index in [0.29, 0.717) is 5.92 Å². The predicted octanol–water partition coefficient (Wildman–Crippen LogP) is 3.38. The van der Waals surface area contributed by atoms with Crippen LogP contribution in [-0.4, -0.2) is 50.3 Å². The number of hydrogen-bond donors (Lipinski definition) is 1. The van der Waals surface area contributed by atoms with E-state index in [4.69, 9.17) is 4.99 Å². The lowest BCUT2D eigenvalue weighted by atomic mass is 10.1. The fourth-order valence-electron chi connectivity index (χ4n) is 3.58. The highest BCUT2D eigenvalue weighted by Gasteiger charge is 2.15. The minimum absolute atomic E-state index is 0.407. The maximum atomic E-state index is 4.84. The van der Waals surface area contributed by atoms with Gasteiger partial charge in [-0.2, -0.15) is 5.10 Å². The van der Waals surface area contributed by atoms with Gasteiger partial charge in [-0.3, -0.25) is 9.67 Å². The third-order valence-corrected chi connectivity index (χ3v) is 4.93. The number of imidazole rings is 1. The summed E-state index contributed by atoms with van der Waals surface area (Å²) in [6.07, 6.45) is 4.99. The first-order valence-electron chi connectivity index (χ1n) is 10.4. The average molecular weight is 396 g/mol. The molecule has 0 saturated carbocycles. The Hall–Kier alpha value is -2.83. The third kappa shape index (κ3) is 5.16. The number of hydrogen-bond acceptors (Lipinski definition) is 3.